The van der Waals surface area contributed by atoms with Crippen LogP contribution in [0.1, 0.15) is 26.3 Å². The fourth-order valence-corrected chi connectivity index (χ4v) is 2.76. The molecular formula is C16H25N3O2. The zero-order valence-corrected chi connectivity index (χ0v) is 13.3. The Balaban J connectivity index is 2.25. The number of nitrogens with two attached hydrogens (primary N) is 1. The SMILES string of the molecule is CCOc1ccc(N)cc1CN1CCN(C)C(=O)C1(C)C. The number of hydrogen-bond acceptors (Lipinski definition) is 4. The molecule has 0 radical (unpaired) electrons. The molecule has 0 bridgehead atoms. The monoisotopic (exact) mass is 291 g/mol. The Labute approximate surface area is 126 Å². The molecule has 1 saturated heterocycles. The number of carbonyl (C=O) groups is 1. The smallest absolute Gasteiger partial charge is 0.242 e. The van der Waals surface area contributed by atoms with Crippen molar-refractivity contribution in [2.24, 2.45) is 0 Å². The number of amides is 1. The van der Waals surface area contributed by atoms with Gasteiger partial charge in [0.05, 0.1) is 12.1 Å². The van der Waals surface area contributed by atoms with Crippen molar-refractivity contribution >= 4 is 11.6 Å². The van der Waals surface area contributed by atoms with Gasteiger partial charge in [0.25, 0.3) is 0 Å². The summed E-state index contributed by atoms with van der Waals surface area (Å²) in [5.74, 6) is 0.990. The van der Waals surface area contributed by atoms with Gasteiger partial charge in [0.1, 0.15) is 5.75 Å². The van der Waals surface area contributed by atoms with Gasteiger partial charge in [-0.2, -0.15) is 0 Å². The maximum absolute atomic E-state index is 12.4. The summed E-state index contributed by atoms with van der Waals surface area (Å²) in [4.78, 5) is 16.3. The van der Waals surface area contributed by atoms with E-state index in [0.29, 0.717) is 18.8 Å². The van der Waals surface area contributed by atoms with Crippen LogP contribution in [-0.4, -0.2) is 48.0 Å². The molecule has 1 amide bonds. The van der Waals surface area contributed by atoms with Gasteiger partial charge in [-0.15, -0.1) is 0 Å². The fourth-order valence-electron chi connectivity index (χ4n) is 2.76. The zero-order valence-electron chi connectivity index (χ0n) is 13.3. The number of likely N-dealkylation sites (N-methyl/N-ethyl adjacent to an activating group) is 1. The normalized spacial score (nSPS) is 18.9. The van der Waals surface area contributed by atoms with E-state index in [-0.39, 0.29) is 5.91 Å². The minimum Gasteiger partial charge on any atom is -0.494 e. The van der Waals surface area contributed by atoms with E-state index in [1.165, 1.54) is 0 Å². The Morgan fingerprint density at radius 1 is 1.33 bits per heavy atom. The molecule has 1 heterocycles. The predicted octanol–water partition coefficient (Wildman–Crippen LogP) is 1.72. The summed E-state index contributed by atoms with van der Waals surface area (Å²) in [7, 11) is 1.85. The summed E-state index contributed by atoms with van der Waals surface area (Å²) in [5.41, 5.74) is 7.13. The Bertz CT molecular complexity index is 528. The minimum atomic E-state index is -0.513. The van der Waals surface area contributed by atoms with Crippen LogP contribution < -0.4 is 10.5 Å². The second-order valence-electron chi connectivity index (χ2n) is 6.01. The third-order valence-corrected chi connectivity index (χ3v) is 4.11. The summed E-state index contributed by atoms with van der Waals surface area (Å²) < 4.78 is 5.67. The van der Waals surface area contributed by atoms with Crippen molar-refractivity contribution in [3.8, 4) is 5.75 Å². The lowest BCUT2D eigenvalue weighted by atomic mass is 9.96. The third kappa shape index (κ3) is 3.13. The molecule has 0 aromatic heterocycles. The molecule has 5 nitrogen and oxygen atoms in total. The Morgan fingerprint density at radius 2 is 2.05 bits per heavy atom. The van der Waals surface area contributed by atoms with E-state index >= 15 is 0 Å². The third-order valence-electron chi connectivity index (χ3n) is 4.11. The highest BCUT2D eigenvalue weighted by atomic mass is 16.5. The molecule has 1 fully saturated rings. The van der Waals surface area contributed by atoms with Crippen LogP contribution in [0.2, 0.25) is 0 Å². The molecule has 0 saturated carbocycles. The van der Waals surface area contributed by atoms with Crippen LogP contribution in [0.3, 0.4) is 0 Å². The van der Waals surface area contributed by atoms with E-state index in [1.807, 2.05) is 46.0 Å². The number of nitrogens with zero attached hydrogens (tertiary/aromatic N) is 2. The van der Waals surface area contributed by atoms with Gasteiger partial charge in [-0.3, -0.25) is 9.69 Å². The summed E-state index contributed by atoms with van der Waals surface area (Å²) in [6.07, 6.45) is 0. The second kappa shape index (κ2) is 5.93. The maximum Gasteiger partial charge on any atom is 0.242 e. The maximum atomic E-state index is 12.4. The topological polar surface area (TPSA) is 58.8 Å². The molecule has 1 aliphatic rings. The van der Waals surface area contributed by atoms with Crippen molar-refractivity contribution in [2.75, 3.05) is 32.5 Å². The number of benzene rings is 1. The van der Waals surface area contributed by atoms with Gasteiger partial charge in [0, 0.05) is 37.9 Å². The average Bonchev–Trinajstić information content (AvgIpc) is 2.43. The van der Waals surface area contributed by atoms with Crippen LogP contribution >= 0.6 is 0 Å². The number of carbonyl (C=O) groups excluding carboxylic acids is 1. The number of piperazine rings is 1. The van der Waals surface area contributed by atoms with Gasteiger partial charge in [0.15, 0.2) is 0 Å². The summed E-state index contributed by atoms with van der Waals surface area (Å²) in [5, 5.41) is 0. The number of nitrogen functional groups attached to an aromatic ring is 1. The Morgan fingerprint density at radius 3 is 2.71 bits per heavy atom. The van der Waals surface area contributed by atoms with E-state index in [1.54, 1.807) is 4.90 Å². The van der Waals surface area contributed by atoms with Gasteiger partial charge < -0.3 is 15.4 Å². The van der Waals surface area contributed by atoms with Gasteiger partial charge in [-0.1, -0.05) is 0 Å². The molecule has 1 aromatic rings. The molecule has 2 N–H and O–H groups in total. The van der Waals surface area contributed by atoms with Crippen LogP contribution in [0.4, 0.5) is 5.69 Å². The molecule has 0 aliphatic carbocycles. The fraction of sp³-hybridized carbons (Fsp3) is 0.562. The Hall–Kier alpha value is -1.75. The van der Waals surface area contributed by atoms with Crippen molar-refractivity contribution in [2.45, 2.75) is 32.9 Å². The molecule has 0 unspecified atom stereocenters. The summed E-state index contributed by atoms with van der Waals surface area (Å²) in [6.45, 7) is 8.76. The molecule has 21 heavy (non-hydrogen) atoms. The van der Waals surface area contributed by atoms with Crippen molar-refractivity contribution in [1.29, 1.82) is 0 Å². The van der Waals surface area contributed by atoms with E-state index in [0.717, 1.165) is 24.4 Å². The van der Waals surface area contributed by atoms with E-state index in [2.05, 4.69) is 4.90 Å². The van der Waals surface area contributed by atoms with Crippen LogP contribution in [0.5, 0.6) is 5.75 Å². The first-order valence-corrected chi connectivity index (χ1v) is 7.38. The highest BCUT2D eigenvalue weighted by Crippen LogP contribution is 2.28. The van der Waals surface area contributed by atoms with Crippen LogP contribution in [0.15, 0.2) is 18.2 Å². The minimum absolute atomic E-state index is 0.149. The first-order valence-electron chi connectivity index (χ1n) is 7.38. The molecule has 5 heteroatoms. The first-order chi connectivity index (χ1) is 9.86. The molecule has 0 spiro atoms. The van der Waals surface area contributed by atoms with Gasteiger partial charge in [0.2, 0.25) is 5.91 Å². The molecule has 0 atom stereocenters. The zero-order chi connectivity index (χ0) is 15.6. The molecule has 1 aromatic carbocycles. The lowest BCUT2D eigenvalue weighted by Crippen LogP contribution is -2.61. The largest absolute Gasteiger partial charge is 0.494 e. The molecule has 1 aliphatic heterocycles. The van der Waals surface area contributed by atoms with E-state index in [4.69, 9.17) is 10.5 Å². The summed E-state index contributed by atoms with van der Waals surface area (Å²) >= 11 is 0. The number of ether oxygens (including phenoxy) is 1. The lowest BCUT2D eigenvalue weighted by molar-refractivity contribution is -0.147. The van der Waals surface area contributed by atoms with Crippen molar-refractivity contribution in [3.63, 3.8) is 0 Å². The average molecular weight is 291 g/mol. The number of hydrogen-bond donors (Lipinski definition) is 1. The first kappa shape index (κ1) is 15.6. The quantitative estimate of drug-likeness (QED) is 0.858. The van der Waals surface area contributed by atoms with Gasteiger partial charge in [-0.25, -0.2) is 0 Å². The highest BCUT2D eigenvalue weighted by molar-refractivity contribution is 5.86. The van der Waals surface area contributed by atoms with Crippen molar-refractivity contribution < 1.29 is 9.53 Å². The highest BCUT2D eigenvalue weighted by Gasteiger charge is 2.40. The van der Waals surface area contributed by atoms with Crippen LogP contribution in [0, 0.1) is 0 Å². The van der Waals surface area contributed by atoms with Crippen molar-refractivity contribution in [3.05, 3.63) is 23.8 Å². The molecule has 116 valence electrons. The van der Waals surface area contributed by atoms with Crippen LogP contribution in [0.25, 0.3) is 0 Å². The standard InChI is InChI=1S/C16H25N3O2/c1-5-21-14-7-6-13(17)10-12(14)11-19-9-8-18(4)15(20)16(19,2)3/h6-7,10H,5,8-9,11,17H2,1-4H3. The molecule has 2 rings (SSSR count). The second-order valence-corrected chi connectivity index (χ2v) is 6.01. The number of rotatable bonds is 4. The Kier molecular flexibility index (Phi) is 4.42. The van der Waals surface area contributed by atoms with Gasteiger partial charge >= 0.3 is 0 Å². The number of anilines is 1. The van der Waals surface area contributed by atoms with Crippen LogP contribution in [-0.2, 0) is 11.3 Å². The lowest BCUT2D eigenvalue weighted by Gasteiger charge is -2.44. The molecular weight excluding hydrogens is 266 g/mol. The van der Waals surface area contributed by atoms with Gasteiger partial charge in [-0.05, 0) is 39.0 Å². The van der Waals surface area contributed by atoms with E-state index < -0.39 is 5.54 Å². The predicted molar refractivity (Wildman–Crippen MR) is 84.1 cm³/mol. The van der Waals surface area contributed by atoms with Crippen molar-refractivity contribution in [1.82, 2.24) is 9.80 Å². The summed E-state index contributed by atoms with van der Waals surface area (Å²) in [6, 6.07) is 5.68. The van der Waals surface area contributed by atoms with E-state index in [9.17, 15) is 4.79 Å².